The summed E-state index contributed by atoms with van der Waals surface area (Å²) in [5, 5.41) is 28.3. The standard InChI is InChI=1S/C23H22F6N5O6P.2C6H12N2O3/c24-22(25,26)15-6-13(7-16(8-15)23(27,28)29)11-40-12-17-20(14-4-2-1-3-5-14)33(10-19(35)30-17)9-18-31-21(36)34(32-18)41(37,38)39;2*1-8-4(6(10)11)2-3-5(7)9/h1-8,17,20H,9-12H2,(H,30,35)(H,31,32,36)(H2,37,38,39);2*4,8H,2-3H2,1H3,(H2,7,9)(H,10,11)/t17-,20+;2*4-/m111/s1. The molecule has 63 heavy (non-hydrogen) atoms. The van der Waals surface area contributed by atoms with E-state index in [0.29, 0.717) is 17.7 Å². The number of carbonyl (C=O) groups excluding carboxylic acids is 3. The number of piperazine rings is 1. The van der Waals surface area contributed by atoms with Crippen molar-refractivity contribution < 1.29 is 79.6 Å². The molecule has 350 valence electrons. The van der Waals surface area contributed by atoms with Crippen molar-refractivity contribution in [2.45, 2.75) is 75.4 Å². The second kappa shape index (κ2) is 23.7. The third-order valence-electron chi connectivity index (χ3n) is 8.72. The Morgan fingerprint density at radius 1 is 0.889 bits per heavy atom. The summed E-state index contributed by atoms with van der Waals surface area (Å²) in [6.07, 6.45) is -9.39. The summed E-state index contributed by atoms with van der Waals surface area (Å²) in [5.74, 6) is -3.58. The molecule has 3 aromatic rings. The number of nitrogens with two attached hydrogens (primary N) is 2. The molecule has 2 aromatic carbocycles. The number of ether oxygens (including phenoxy) is 1. The Morgan fingerprint density at radius 2 is 1.38 bits per heavy atom. The number of carboxylic acids is 2. The number of carbonyl (C=O) groups is 5. The maximum atomic E-state index is 13.2. The predicted octanol–water partition coefficient (Wildman–Crippen LogP) is 0.657. The molecule has 1 aliphatic heterocycles. The van der Waals surface area contributed by atoms with E-state index in [-0.39, 0.29) is 67.3 Å². The van der Waals surface area contributed by atoms with Gasteiger partial charge < -0.3 is 52.2 Å². The number of hydrogen-bond acceptors (Lipinski definition) is 12. The van der Waals surface area contributed by atoms with E-state index in [2.05, 4.69) is 26.0 Å². The van der Waals surface area contributed by atoms with Crippen LogP contribution in [-0.4, -0.2) is 114 Å². The van der Waals surface area contributed by atoms with Gasteiger partial charge in [-0.25, -0.2) is 9.36 Å². The second-order valence-corrected chi connectivity index (χ2v) is 14.9. The van der Waals surface area contributed by atoms with E-state index in [1.165, 1.54) is 19.0 Å². The summed E-state index contributed by atoms with van der Waals surface area (Å²) in [4.78, 5) is 88.0. The number of nitrogens with zero attached hydrogens (tertiary/aromatic N) is 3. The lowest BCUT2D eigenvalue weighted by atomic mass is 9.95. The first-order valence-electron chi connectivity index (χ1n) is 18.2. The topological polar surface area (TPSA) is 335 Å². The third kappa shape index (κ3) is 17.9. The predicted molar refractivity (Wildman–Crippen MR) is 206 cm³/mol. The van der Waals surface area contributed by atoms with Gasteiger partial charge in [-0.15, -0.1) is 9.55 Å². The van der Waals surface area contributed by atoms with Crippen molar-refractivity contribution in [1.29, 1.82) is 0 Å². The number of aliphatic carboxylic acids is 2. The first-order chi connectivity index (χ1) is 29.2. The van der Waals surface area contributed by atoms with Gasteiger partial charge in [-0.2, -0.15) is 26.3 Å². The molecule has 0 saturated carbocycles. The van der Waals surface area contributed by atoms with Crippen LogP contribution >= 0.6 is 7.75 Å². The molecule has 1 aromatic heterocycles. The van der Waals surface area contributed by atoms with Gasteiger partial charge in [0.2, 0.25) is 17.7 Å². The molecule has 1 saturated heterocycles. The normalized spacial score (nSPS) is 16.6. The SMILES string of the molecule is CN[C@H](CCC(N)=O)C(=O)O.CN[C@H](CCC(N)=O)C(=O)O.O=C1CN(Cc2nn(P(=O)(O)O)c(=O)[nH]2)[C@@H](c2ccccc2)[C@@H](COCc2cc(C(F)(F)F)cc(C(F)(F)F)c2)N1. The highest BCUT2D eigenvalue weighted by Crippen LogP contribution is 2.37. The van der Waals surface area contributed by atoms with Crippen molar-refractivity contribution in [3.63, 3.8) is 0 Å². The molecule has 0 radical (unpaired) electrons. The summed E-state index contributed by atoms with van der Waals surface area (Å²) in [6.45, 7) is -1.48. The maximum absolute atomic E-state index is 13.2. The largest absolute Gasteiger partial charge is 0.480 e. The van der Waals surface area contributed by atoms with Crippen LogP contribution in [0.4, 0.5) is 26.3 Å². The second-order valence-electron chi connectivity index (χ2n) is 13.5. The third-order valence-corrected chi connectivity index (χ3v) is 9.49. The lowest BCUT2D eigenvalue weighted by Crippen LogP contribution is -2.57. The molecule has 4 atom stereocenters. The summed E-state index contributed by atoms with van der Waals surface area (Å²) in [6, 6.07) is 6.65. The maximum Gasteiger partial charge on any atom is 0.454 e. The Kier molecular flexibility index (Phi) is 20.1. The summed E-state index contributed by atoms with van der Waals surface area (Å²) < 4.78 is 96.2. The molecule has 0 unspecified atom stereocenters. The number of aromatic nitrogens is 3. The van der Waals surface area contributed by atoms with E-state index in [9.17, 15) is 69.5 Å². The number of hydrogen-bond donors (Lipinski definition) is 10. The number of nitrogens with one attached hydrogen (secondary N) is 4. The van der Waals surface area contributed by atoms with Gasteiger partial charge in [0.15, 0.2) is 0 Å². The molecule has 1 aliphatic rings. The first kappa shape index (κ1) is 53.4. The van der Waals surface area contributed by atoms with Crippen molar-refractivity contribution in [1.82, 2.24) is 35.4 Å². The van der Waals surface area contributed by atoms with E-state index in [0.717, 1.165) is 0 Å². The lowest BCUT2D eigenvalue weighted by molar-refractivity contribution is -0.144. The summed E-state index contributed by atoms with van der Waals surface area (Å²) in [5.41, 5.74) is 5.75. The van der Waals surface area contributed by atoms with Crippen LogP contribution in [0.15, 0.2) is 53.3 Å². The van der Waals surface area contributed by atoms with Gasteiger partial charge in [0.25, 0.3) is 0 Å². The zero-order valence-corrected chi connectivity index (χ0v) is 34.2. The molecule has 1 fully saturated rings. The van der Waals surface area contributed by atoms with Gasteiger partial charge in [-0.05, 0) is 56.3 Å². The number of halogens is 6. The van der Waals surface area contributed by atoms with Crippen molar-refractivity contribution in [3.05, 3.63) is 87.1 Å². The van der Waals surface area contributed by atoms with Crippen LogP contribution in [0.2, 0.25) is 0 Å². The Morgan fingerprint density at radius 3 is 1.78 bits per heavy atom. The molecular formula is C35H46F6N9O12P. The monoisotopic (exact) mass is 929 g/mol. The molecule has 2 heterocycles. The Labute approximate surface area is 353 Å². The highest BCUT2D eigenvalue weighted by Gasteiger charge is 2.39. The summed E-state index contributed by atoms with van der Waals surface area (Å²) in [7, 11) is -2.00. The van der Waals surface area contributed by atoms with Gasteiger partial charge in [-0.1, -0.05) is 30.3 Å². The molecule has 28 heteroatoms. The zero-order chi connectivity index (χ0) is 47.9. The number of H-pyrrole nitrogens is 1. The number of primary amides is 2. The number of benzene rings is 2. The van der Waals surface area contributed by atoms with E-state index >= 15 is 0 Å². The Bertz CT molecular complexity index is 2070. The van der Waals surface area contributed by atoms with Crippen LogP contribution in [0.3, 0.4) is 0 Å². The smallest absolute Gasteiger partial charge is 0.454 e. The molecule has 3 amide bonds. The van der Waals surface area contributed by atoms with Crippen LogP contribution < -0.4 is 33.1 Å². The number of rotatable bonds is 18. The van der Waals surface area contributed by atoms with E-state index in [1.54, 1.807) is 30.3 Å². The Balaban J connectivity index is 0.000000509. The van der Waals surface area contributed by atoms with Gasteiger partial charge in [0, 0.05) is 12.8 Å². The molecule has 12 N–H and O–H groups in total. The molecule has 0 spiro atoms. The van der Waals surface area contributed by atoms with Crippen molar-refractivity contribution in [2.24, 2.45) is 11.5 Å². The fraction of sp³-hybridized carbons (Fsp3) is 0.457. The molecule has 0 bridgehead atoms. The van der Waals surface area contributed by atoms with Crippen LogP contribution in [0, 0.1) is 0 Å². The minimum atomic E-state index is -5.06. The minimum Gasteiger partial charge on any atom is -0.480 e. The number of amides is 3. The van der Waals surface area contributed by atoms with E-state index < -0.39 is 97.4 Å². The van der Waals surface area contributed by atoms with Crippen LogP contribution in [0.25, 0.3) is 0 Å². The average molecular weight is 930 g/mol. The lowest BCUT2D eigenvalue weighted by Gasteiger charge is -2.41. The van der Waals surface area contributed by atoms with Crippen LogP contribution in [0.1, 0.15) is 59.8 Å². The van der Waals surface area contributed by atoms with Crippen LogP contribution in [0.5, 0.6) is 0 Å². The first-order valence-corrected chi connectivity index (χ1v) is 19.8. The molecule has 4 rings (SSSR count). The number of alkyl halides is 6. The van der Waals surface area contributed by atoms with Gasteiger partial charge in [-0.3, -0.25) is 33.9 Å². The van der Waals surface area contributed by atoms with Crippen molar-refractivity contribution >= 4 is 37.4 Å². The fourth-order valence-electron chi connectivity index (χ4n) is 5.81. The number of aromatic amines is 1. The van der Waals surface area contributed by atoms with Gasteiger partial charge in [0.1, 0.15) is 17.9 Å². The highest BCUT2D eigenvalue weighted by molar-refractivity contribution is 7.49. The molecule has 0 aliphatic carbocycles. The fourth-order valence-corrected chi connectivity index (χ4v) is 6.32. The zero-order valence-electron chi connectivity index (χ0n) is 33.4. The van der Waals surface area contributed by atoms with E-state index in [4.69, 9.17) is 26.4 Å². The minimum absolute atomic E-state index is 0.00623. The van der Waals surface area contributed by atoms with Crippen molar-refractivity contribution in [3.8, 4) is 0 Å². The summed E-state index contributed by atoms with van der Waals surface area (Å²) >= 11 is 0. The molecular weight excluding hydrogens is 883 g/mol. The number of likely N-dealkylation sites (N-methyl/N-ethyl adjacent to an activating group) is 2. The van der Waals surface area contributed by atoms with Gasteiger partial charge in [0.05, 0.1) is 49.5 Å². The van der Waals surface area contributed by atoms with Crippen molar-refractivity contribution in [2.75, 3.05) is 27.2 Å². The average Bonchev–Trinajstić information content (AvgIpc) is 3.55. The number of carboxylic acid groups (broad SMARTS) is 2. The van der Waals surface area contributed by atoms with E-state index in [1.807, 2.05) is 0 Å². The highest BCUT2D eigenvalue weighted by atomic mass is 31.2. The Hall–Kier alpha value is -5.70. The molecule has 21 nitrogen and oxygen atoms in total. The van der Waals surface area contributed by atoms with Gasteiger partial charge >= 0.3 is 37.7 Å². The van der Waals surface area contributed by atoms with Crippen LogP contribution in [-0.2, 0) is 58.8 Å². The quantitative estimate of drug-likeness (QED) is 0.0619.